The second kappa shape index (κ2) is 5.93. The molecule has 0 saturated carbocycles. The van der Waals surface area contributed by atoms with Gasteiger partial charge in [-0.05, 0) is 0 Å². The number of hydrogen-bond donors (Lipinski definition) is 2. The van der Waals surface area contributed by atoms with Crippen LogP contribution in [0.3, 0.4) is 0 Å². The Morgan fingerprint density at radius 2 is 2.44 bits per heavy atom. The average Bonchev–Trinajstić information content (AvgIpc) is 2.48. The van der Waals surface area contributed by atoms with Gasteiger partial charge in [0.25, 0.3) is 0 Å². The molecule has 0 aliphatic heterocycles. The van der Waals surface area contributed by atoms with Gasteiger partial charge in [-0.1, -0.05) is 11.3 Å². The normalized spacial score (nSPS) is 12.5. The molecule has 1 aromatic heterocycles. The summed E-state index contributed by atoms with van der Waals surface area (Å²) in [6, 6.07) is 0. The first-order chi connectivity index (χ1) is 7.50. The van der Waals surface area contributed by atoms with Crippen molar-refractivity contribution in [2.45, 2.75) is 33.0 Å². The van der Waals surface area contributed by atoms with Crippen molar-refractivity contribution >= 4 is 17.3 Å². The fraction of sp³-hybridized carbons (Fsp3) is 0.600. The summed E-state index contributed by atoms with van der Waals surface area (Å²) in [5.41, 5.74) is 8.28. The van der Waals surface area contributed by atoms with Crippen molar-refractivity contribution in [1.82, 2.24) is 0 Å². The van der Waals surface area contributed by atoms with E-state index in [4.69, 9.17) is 15.6 Å². The molecule has 90 valence electrons. The molecular formula is C10H17N2O3S+. The first-order valence-electron chi connectivity index (χ1n) is 5.04. The van der Waals surface area contributed by atoms with Crippen LogP contribution in [-0.4, -0.2) is 23.9 Å². The fourth-order valence-corrected chi connectivity index (χ4v) is 2.35. The first-order valence-corrected chi connectivity index (χ1v) is 5.92. The standard InChI is InChI=1S/C10H17N2O3S/c1-7-9(3-4-15-8(2)13)16-6-12(7)5-10(11)14/h6,10,14H,3-5,11H2,1-2H3/q+1. The summed E-state index contributed by atoms with van der Waals surface area (Å²) in [5.74, 6) is -0.264. The van der Waals surface area contributed by atoms with Gasteiger partial charge in [0, 0.05) is 20.3 Å². The van der Waals surface area contributed by atoms with E-state index in [2.05, 4.69) is 0 Å². The number of aliphatic hydroxyl groups is 1. The molecule has 0 bridgehead atoms. The van der Waals surface area contributed by atoms with Gasteiger partial charge in [0.1, 0.15) is 0 Å². The van der Waals surface area contributed by atoms with Crippen molar-refractivity contribution in [1.29, 1.82) is 0 Å². The number of thiazole rings is 1. The Balaban J connectivity index is 2.54. The lowest BCUT2D eigenvalue weighted by Crippen LogP contribution is -2.44. The molecule has 1 rings (SSSR count). The molecule has 1 atom stereocenters. The van der Waals surface area contributed by atoms with Crippen molar-refractivity contribution in [3.05, 3.63) is 16.1 Å². The van der Waals surface area contributed by atoms with Gasteiger partial charge in [0.15, 0.2) is 18.5 Å². The monoisotopic (exact) mass is 245 g/mol. The molecule has 1 unspecified atom stereocenters. The van der Waals surface area contributed by atoms with Crippen LogP contribution in [-0.2, 0) is 22.5 Å². The van der Waals surface area contributed by atoms with Crippen LogP contribution in [0.15, 0.2) is 5.51 Å². The van der Waals surface area contributed by atoms with Crippen LogP contribution < -0.4 is 10.3 Å². The summed E-state index contributed by atoms with van der Waals surface area (Å²) in [5, 5.41) is 9.08. The molecule has 0 radical (unpaired) electrons. The number of nitrogens with two attached hydrogens (primary N) is 1. The first kappa shape index (κ1) is 13.1. The Hall–Kier alpha value is -0.980. The number of aromatic nitrogens is 1. The molecule has 6 heteroatoms. The lowest BCUT2D eigenvalue weighted by Gasteiger charge is -2.00. The summed E-state index contributed by atoms with van der Waals surface area (Å²) in [7, 11) is 0. The highest BCUT2D eigenvalue weighted by Crippen LogP contribution is 2.11. The predicted molar refractivity (Wildman–Crippen MR) is 59.8 cm³/mol. The second-order valence-corrected chi connectivity index (χ2v) is 4.48. The van der Waals surface area contributed by atoms with E-state index >= 15 is 0 Å². The molecule has 0 aliphatic rings. The number of esters is 1. The van der Waals surface area contributed by atoms with E-state index in [1.807, 2.05) is 17.0 Å². The van der Waals surface area contributed by atoms with Crippen molar-refractivity contribution in [2.75, 3.05) is 6.61 Å². The smallest absolute Gasteiger partial charge is 0.302 e. The van der Waals surface area contributed by atoms with E-state index in [1.165, 1.54) is 6.92 Å². The maximum Gasteiger partial charge on any atom is 0.302 e. The number of carbonyl (C=O) groups excluding carboxylic acids is 1. The number of ether oxygens (including phenoxy) is 1. The Morgan fingerprint density at radius 3 is 3.00 bits per heavy atom. The molecule has 0 fully saturated rings. The van der Waals surface area contributed by atoms with E-state index in [0.29, 0.717) is 19.6 Å². The van der Waals surface area contributed by atoms with Gasteiger partial charge in [-0.2, -0.15) is 4.57 Å². The van der Waals surface area contributed by atoms with E-state index in [-0.39, 0.29) is 5.97 Å². The van der Waals surface area contributed by atoms with Crippen LogP contribution in [0.1, 0.15) is 17.5 Å². The van der Waals surface area contributed by atoms with E-state index in [1.54, 1.807) is 11.3 Å². The van der Waals surface area contributed by atoms with E-state index in [9.17, 15) is 4.79 Å². The number of aliphatic hydroxyl groups excluding tert-OH is 1. The second-order valence-electron chi connectivity index (χ2n) is 3.54. The van der Waals surface area contributed by atoms with Gasteiger partial charge in [-0.15, -0.1) is 0 Å². The van der Waals surface area contributed by atoms with Gasteiger partial charge < -0.3 is 15.6 Å². The highest BCUT2D eigenvalue weighted by Gasteiger charge is 2.16. The van der Waals surface area contributed by atoms with Crippen LogP contribution >= 0.6 is 11.3 Å². The number of hydrogen-bond acceptors (Lipinski definition) is 5. The summed E-state index contributed by atoms with van der Waals surface area (Å²) < 4.78 is 6.78. The molecule has 1 aromatic rings. The Kier molecular flexibility index (Phi) is 4.85. The zero-order chi connectivity index (χ0) is 12.1. The molecule has 0 aliphatic carbocycles. The predicted octanol–water partition coefficient (Wildman–Crippen LogP) is -0.273. The number of nitrogens with zero attached hydrogens (tertiary/aromatic N) is 1. The van der Waals surface area contributed by atoms with Crippen molar-refractivity contribution in [2.24, 2.45) is 5.73 Å². The van der Waals surface area contributed by atoms with Crippen LogP contribution in [0.5, 0.6) is 0 Å². The Morgan fingerprint density at radius 1 is 1.75 bits per heavy atom. The summed E-state index contributed by atoms with van der Waals surface area (Å²) >= 11 is 1.57. The topological polar surface area (TPSA) is 76.4 Å². The SMILES string of the molecule is CC(=O)OCCc1sc[n+](CC(N)O)c1C. The maximum absolute atomic E-state index is 10.6. The maximum atomic E-state index is 10.6. The van der Waals surface area contributed by atoms with Crippen molar-refractivity contribution in [3.8, 4) is 0 Å². The fourth-order valence-electron chi connectivity index (χ4n) is 1.36. The van der Waals surface area contributed by atoms with Crippen LogP contribution in [0.25, 0.3) is 0 Å². The van der Waals surface area contributed by atoms with Crippen molar-refractivity contribution in [3.63, 3.8) is 0 Å². The highest BCUT2D eigenvalue weighted by molar-refractivity contribution is 7.09. The molecule has 16 heavy (non-hydrogen) atoms. The van der Waals surface area contributed by atoms with Gasteiger partial charge in [0.05, 0.1) is 11.5 Å². The third kappa shape index (κ3) is 3.88. The average molecular weight is 245 g/mol. The molecule has 3 N–H and O–H groups in total. The zero-order valence-corrected chi connectivity index (χ0v) is 10.3. The van der Waals surface area contributed by atoms with Gasteiger partial charge in [0.2, 0.25) is 5.51 Å². The minimum atomic E-state index is -0.848. The van der Waals surface area contributed by atoms with Gasteiger partial charge in [-0.25, -0.2) is 0 Å². The third-order valence-corrected chi connectivity index (χ3v) is 3.32. The highest BCUT2D eigenvalue weighted by atomic mass is 32.1. The molecule has 0 saturated heterocycles. The molecule has 0 amide bonds. The van der Waals surface area contributed by atoms with Gasteiger partial charge >= 0.3 is 5.97 Å². The lowest BCUT2D eigenvalue weighted by molar-refractivity contribution is -0.704. The third-order valence-electron chi connectivity index (χ3n) is 2.17. The van der Waals surface area contributed by atoms with Crippen LogP contribution in [0, 0.1) is 6.92 Å². The lowest BCUT2D eigenvalue weighted by atomic mass is 10.3. The Bertz CT molecular complexity index is 363. The summed E-state index contributed by atoms with van der Waals surface area (Å²) in [6.07, 6.45) is -0.149. The zero-order valence-electron chi connectivity index (χ0n) is 9.47. The quantitative estimate of drug-likeness (QED) is 0.425. The largest absolute Gasteiger partial charge is 0.465 e. The van der Waals surface area contributed by atoms with E-state index < -0.39 is 6.23 Å². The molecule has 1 heterocycles. The van der Waals surface area contributed by atoms with Crippen LogP contribution in [0.4, 0.5) is 0 Å². The molecule has 0 aromatic carbocycles. The molecule has 0 spiro atoms. The van der Waals surface area contributed by atoms with Crippen LogP contribution in [0.2, 0.25) is 0 Å². The van der Waals surface area contributed by atoms with Crippen molar-refractivity contribution < 1.29 is 19.2 Å². The molecule has 5 nitrogen and oxygen atoms in total. The minimum Gasteiger partial charge on any atom is -0.465 e. The van der Waals surface area contributed by atoms with Gasteiger partial charge in [-0.3, -0.25) is 4.79 Å². The summed E-state index contributed by atoms with van der Waals surface area (Å²) in [6.45, 7) is 4.13. The van der Waals surface area contributed by atoms with E-state index in [0.717, 1.165) is 10.6 Å². The summed E-state index contributed by atoms with van der Waals surface area (Å²) in [4.78, 5) is 11.7. The number of carbonyl (C=O) groups is 1. The molecular weight excluding hydrogens is 228 g/mol. The minimum absolute atomic E-state index is 0.264. The number of rotatable bonds is 5. The Labute approximate surface area is 98.5 Å².